The van der Waals surface area contributed by atoms with E-state index in [-0.39, 0.29) is 36.6 Å². The fraction of sp³-hybridized carbons (Fsp3) is 0.400. The Morgan fingerprint density at radius 2 is 1.71 bits per heavy atom. The molecule has 0 atom stereocenters. The minimum atomic E-state index is -0.341. The van der Waals surface area contributed by atoms with Gasteiger partial charge in [0, 0.05) is 43.7 Å². The topological polar surface area (TPSA) is 104 Å². The van der Waals surface area contributed by atoms with Crippen LogP contribution in [0.15, 0.2) is 53.9 Å². The minimum Gasteiger partial charge on any atom is -0.497 e. The number of piperazine rings is 1. The largest absolute Gasteiger partial charge is 0.497 e. The number of amides is 3. The molecule has 3 aromatic rings. The zero-order valence-corrected chi connectivity index (χ0v) is 24.8. The van der Waals surface area contributed by atoms with E-state index in [1.54, 1.807) is 43.9 Å². The van der Waals surface area contributed by atoms with Crippen molar-refractivity contribution in [2.45, 2.75) is 20.3 Å². The Hall–Kier alpha value is -4.12. The van der Waals surface area contributed by atoms with Crippen molar-refractivity contribution in [2.75, 3.05) is 63.7 Å². The number of hydrogen-bond donors (Lipinski definition) is 1. The van der Waals surface area contributed by atoms with Crippen LogP contribution in [0.25, 0.3) is 0 Å². The molecule has 0 unspecified atom stereocenters. The second kappa shape index (κ2) is 14.0. The number of anilines is 2. The molecule has 0 spiro atoms. The molecule has 2 heterocycles. The van der Waals surface area contributed by atoms with Gasteiger partial charge in [-0.05, 0) is 42.3 Å². The van der Waals surface area contributed by atoms with Gasteiger partial charge < -0.3 is 29.5 Å². The van der Waals surface area contributed by atoms with Crippen LogP contribution in [0.4, 0.5) is 10.8 Å². The molecule has 0 bridgehead atoms. The van der Waals surface area contributed by atoms with Crippen LogP contribution in [0.2, 0.25) is 0 Å². The average Bonchev–Trinajstić information content (AvgIpc) is 3.42. The van der Waals surface area contributed by atoms with E-state index >= 15 is 0 Å². The van der Waals surface area contributed by atoms with E-state index in [1.165, 1.54) is 16.2 Å². The monoisotopic (exact) mass is 579 g/mol. The van der Waals surface area contributed by atoms with Gasteiger partial charge in [0.05, 0.1) is 32.0 Å². The minimum absolute atomic E-state index is 0.000972. The standard InChI is InChI=1S/C30H37N5O5S/c1-21(2)18-35(29(38)22-9-11-24(39-3)12-10-22)19-27(36)32-30-31-23(20-41-30)17-28(37)34-15-13-33(14-16-34)25-7-5-6-8-26(25)40-4/h5-12,20-21H,13-19H2,1-4H3,(H,31,32,36). The fourth-order valence-electron chi connectivity index (χ4n) is 4.71. The lowest BCUT2D eigenvalue weighted by atomic mass is 10.1. The van der Waals surface area contributed by atoms with E-state index in [0.717, 1.165) is 11.4 Å². The highest BCUT2D eigenvalue weighted by molar-refractivity contribution is 7.13. The maximum atomic E-state index is 13.1. The molecule has 1 aliphatic heterocycles. The highest BCUT2D eigenvalue weighted by Gasteiger charge is 2.24. The number of thiazole rings is 1. The first kappa shape index (κ1) is 29.9. The zero-order valence-electron chi connectivity index (χ0n) is 24.0. The summed E-state index contributed by atoms with van der Waals surface area (Å²) in [6, 6.07) is 14.7. The summed E-state index contributed by atoms with van der Waals surface area (Å²) in [6.07, 6.45) is 0.163. The number of ether oxygens (including phenoxy) is 2. The van der Waals surface area contributed by atoms with Crippen molar-refractivity contribution in [3.63, 3.8) is 0 Å². The molecule has 2 aromatic carbocycles. The number of aromatic nitrogens is 1. The van der Waals surface area contributed by atoms with E-state index in [2.05, 4.69) is 15.2 Å². The molecule has 1 saturated heterocycles. The molecule has 218 valence electrons. The predicted octanol–water partition coefficient (Wildman–Crippen LogP) is 3.79. The fourth-order valence-corrected chi connectivity index (χ4v) is 5.43. The summed E-state index contributed by atoms with van der Waals surface area (Å²) >= 11 is 1.26. The Labute approximate surface area is 244 Å². The maximum absolute atomic E-state index is 13.1. The SMILES string of the molecule is COc1ccc(C(=O)N(CC(=O)Nc2nc(CC(=O)N3CCN(c4ccccc4OC)CC3)cs2)CC(C)C)cc1. The van der Waals surface area contributed by atoms with Crippen LogP contribution in [0.5, 0.6) is 11.5 Å². The molecule has 4 rings (SSSR count). The van der Waals surface area contributed by atoms with E-state index in [0.29, 0.717) is 54.9 Å². The van der Waals surface area contributed by atoms with Crippen molar-refractivity contribution < 1.29 is 23.9 Å². The third kappa shape index (κ3) is 7.97. The molecule has 0 radical (unpaired) electrons. The number of carbonyl (C=O) groups is 3. The van der Waals surface area contributed by atoms with Gasteiger partial charge in [-0.25, -0.2) is 4.98 Å². The van der Waals surface area contributed by atoms with Gasteiger partial charge in [0.15, 0.2) is 5.13 Å². The van der Waals surface area contributed by atoms with Crippen LogP contribution < -0.4 is 19.7 Å². The van der Waals surface area contributed by atoms with Crippen LogP contribution >= 0.6 is 11.3 Å². The number of benzene rings is 2. The van der Waals surface area contributed by atoms with Gasteiger partial charge in [-0.2, -0.15) is 0 Å². The molecule has 1 aliphatic rings. The van der Waals surface area contributed by atoms with E-state index < -0.39 is 0 Å². The number of para-hydroxylation sites is 2. The van der Waals surface area contributed by atoms with Crippen LogP contribution in [0.1, 0.15) is 29.9 Å². The van der Waals surface area contributed by atoms with Crippen molar-refractivity contribution in [1.82, 2.24) is 14.8 Å². The number of methoxy groups -OCH3 is 2. The molecular formula is C30H37N5O5S. The lowest BCUT2D eigenvalue weighted by Gasteiger charge is -2.36. The van der Waals surface area contributed by atoms with E-state index in [9.17, 15) is 14.4 Å². The van der Waals surface area contributed by atoms with Crippen molar-refractivity contribution in [3.8, 4) is 11.5 Å². The highest BCUT2D eigenvalue weighted by Crippen LogP contribution is 2.28. The second-order valence-electron chi connectivity index (χ2n) is 10.2. The Bertz CT molecular complexity index is 1340. The van der Waals surface area contributed by atoms with Crippen molar-refractivity contribution in [3.05, 3.63) is 65.2 Å². The molecule has 3 amide bonds. The highest BCUT2D eigenvalue weighted by atomic mass is 32.1. The average molecular weight is 580 g/mol. The lowest BCUT2D eigenvalue weighted by Crippen LogP contribution is -2.49. The Balaban J connectivity index is 1.29. The molecule has 0 saturated carbocycles. The van der Waals surface area contributed by atoms with Gasteiger partial charge in [-0.3, -0.25) is 14.4 Å². The molecule has 1 aromatic heterocycles. The molecule has 0 aliphatic carbocycles. The summed E-state index contributed by atoms with van der Waals surface area (Å²) in [6.45, 7) is 6.97. The molecule has 11 heteroatoms. The van der Waals surface area contributed by atoms with Gasteiger partial charge in [0.2, 0.25) is 11.8 Å². The first-order valence-corrected chi connectivity index (χ1v) is 14.5. The first-order valence-electron chi connectivity index (χ1n) is 13.6. The van der Waals surface area contributed by atoms with E-state index in [4.69, 9.17) is 9.47 Å². The number of rotatable bonds is 11. The maximum Gasteiger partial charge on any atom is 0.254 e. The Morgan fingerprint density at radius 1 is 1.00 bits per heavy atom. The van der Waals surface area contributed by atoms with Crippen molar-refractivity contribution in [1.29, 1.82) is 0 Å². The molecule has 41 heavy (non-hydrogen) atoms. The molecular weight excluding hydrogens is 542 g/mol. The smallest absolute Gasteiger partial charge is 0.254 e. The van der Waals surface area contributed by atoms with E-state index in [1.807, 2.05) is 43.0 Å². The normalized spacial score (nSPS) is 13.2. The van der Waals surface area contributed by atoms with Crippen LogP contribution in [-0.2, 0) is 16.0 Å². The van der Waals surface area contributed by atoms with Crippen LogP contribution in [0, 0.1) is 5.92 Å². The van der Waals surface area contributed by atoms with Gasteiger partial charge in [0.1, 0.15) is 18.0 Å². The van der Waals surface area contributed by atoms with Gasteiger partial charge in [0.25, 0.3) is 5.91 Å². The lowest BCUT2D eigenvalue weighted by molar-refractivity contribution is -0.130. The molecule has 10 nitrogen and oxygen atoms in total. The summed E-state index contributed by atoms with van der Waals surface area (Å²) < 4.78 is 10.6. The van der Waals surface area contributed by atoms with Gasteiger partial charge >= 0.3 is 0 Å². The Morgan fingerprint density at radius 3 is 2.37 bits per heavy atom. The number of hydrogen-bond acceptors (Lipinski definition) is 8. The third-order valence-corrected chi connectivity index (χ3v) is 7.54. The summed E-state index contributed by atoms with van der Waals surface area (Å²) in [7, 11) is 3.23. The van der Waals surface area contributed by atoms with Crippen LogP contribution in [-0.4, -0.2) is 86.0 Å². The Kier molecular flexibility index (Phi) is 10.2. The third-order valence-electron chi connectivity index (χ3n) is 6.73. The van der Waals surface area contributed by atoms with Gasteiger partial charge in [-0.15, -0.1) is 11.3 Å². The van der Waals surface area contributed by atoms with Crippen molar-refractivity contribution >= 4 is 39.9 Å². The second-order valence-corrected chi connectivity index (χ2v) is 11.1. The predicted molar refractivity (Wildman–Crippen MR) is 160 cm³/mol. The van der Waals surface area contributed by atoms with Gasteiger partial charge in [-0.1, -0.05) is 26.0 Å². The zero-order chi connectivity index (χ0) is 29.4. The number of nitrogens with one attached hydrogen (secondary N) is 1. The summed E-state index contributed by atoms with van der Waals surface area (Å²) in [4.78, 5) is 49.0. The van der Waals surface area contributed by atoms with Crippen molar-refractivity contribution in [2.24, 2.45) is 5.92 Å². The molecule has 1 N–H and O–H groups in total. The summed E-state index contributed by atoms with van der Waals surface area (Å²) in [5.74, 6) is 1.09. The number of nitrogens with zero attached hydrogens (tertiary/aromatic N) is 4. The molecule has 1 fully saturated rings. The number of carbonyl (C=O) groups excluding carboxylic acids is 3. The summed E-state index contributed by atoms with van der Waals surface area (Å²) in [5.41, 5.74) is 2.12. The quantitative estimate of drug-likeness (QED) is 0.369. The first-order chi connectivity index (χ1) is 19.8. The van der Waals surface area contributed by atoms with Crippen LogP contribution in [0.3, 0.4) is 0 Å². The summed E-state index contributed by atoms with van der Waals surface area (Å²) in [5, 5.41) is 4.98.